The molecule has 2 rings (SSSR count). The molecule has 1 heterocycles. The van der Waals surface area contributed by atoms with Crippen molar-refractivity contribution in [2.75, 3.05) is 18.4 Å². The standard InChI is InChI=1S/C17H18F3N3O/c1-3-23(4-2)16(24)15-9-8-14(11-21-15)22-13-7-5-6-12(10-13)17(18,19)20/h5-11,22H,3-4H2,1-2H3. The van der Waals surface area contributed by atoms with Gasteiger partial charge in [-0.2, -0.15) is 13.2 Å². The number of amides is 1. The molecule has 1 aromatic heterocycles. The van der Waals surface area contributed by atoms with Crippen LogP contribution < -0.4 is 5.32 Å². The van der Waals surface area contributed by atoms with Gasteiger partial charge in [0.15, 0.2) is 0 Å². The summed E-state index contributed by atoms with van der Waals surface area (Å²) in [5.41, 5.74) is 0.377. The number of carbonyl (C=O) groups is 1. The fourth-order valence-corrected chi connectivity index (χ4v) is 2.21. The largest absolute Gasteiger partial charge is 0.416 e. The Morgan fingerprint density at radius 2 is 1.83 bits per heavy atom. The molecule has 4 nitrogen and oxygen atoms in total. The molecule has 7 heteroatoms. The van der Waals surface area contributed by atoms with Crippen LogP contribution in [0.1, 0.15) is 29.9 Å². The highest BCUT2D eigenvalue weighted by Crippen LogP contribution is 2.31. The molecule has 0 unspecified atom stereocenters. The number of carbonyl (C=O) groups excluding carboxylic acids is 1. The molecule has 2 aromatic rings. The molecule has 0 saturated heterocycles. The van der Waals surface area contributed by atoms with E-state index in [4.69, 9.17) is 0 Å². The molecule has 1 aromatic carbocycles. The summed E-state index contributed by atoms with van der Waals surface area (Å²) in [7, 11) is 0. The summed E-state index contributed by atoms with van der Waals surface area (Å²) in [6, 6.07) is 8.06. The number of aromatic nitrogens is 1. The Hall–Kier alpha value is -2.57. The molecule has 24 heavy (non-hydrogen) atoms. The molecular weight excluding hydrogens is 319 g/mol. The monoisotopic (exact) mass is 337 g/mol. The molecule has 0 spiro atoms. The van der Waals surface area contributed by atoms with Gasteiger partial charge in [-0.25, -0.2) is 4.98 Å². The third kappa shape index (κ3) is 4.24. The van der Waals surface area contributed by atoms with E-state index in [9.17, 15) is 18.0 Å². The molecule has 0 aliphatic rings. The smallest absolute Gasteiger partial charge is 0.354 e. The van der Waals surface area contributed by atoms with Crippen molar-refractivity contribution in [2.45, 2.75) is 20.0 Å². The van der Waals surface area contributed by atoms with Gasteiger partial charge in [-0.3, -0.25) is 4.79 Å². The van der Waals surface area contributed by atoms with Gasteiger partial charge in [-0.05, 0) is 44.2 Å². The van der Waals surface area contributed by atoms with Crippen molar-refractivity contribution in [3.8, 4) is 0 Å². The molecule has 0 radical (unpaired) electrons. The molecule has 1 N–H and O–H groups in total. The first-order valence-corrected chi connectivity index (χ1v) is 7.54. The van der Waals surface area contributed by atoms with Crippen LogP contribution >= 0.6 is 0 Å². The molecule has 0 saturated carbocycles. The highest BCUT2D eigenvalue weighted by atomic mass is 19.4. The summed E-state index contributed by atoms with van der Waals surface area (Å²) in [5, 5.41) is 2.85. The average Bonchev–Trinajstić information content (AvgIpc) is 2.56. The third-order valence-corrected chi connectivity index (χ3v) is 3.51. The molecular formula is C17H18F3N3O. The van der Waals surface area contributed by atoms with E-state index in [0.717, 1.165) is 12.1 Å². The maximum Gasteiger partial charge on any atom is 0.416 e. The number of rotatable bonds is 5. The van der Waals surface area contributed by atoms with Crippen molar-refractivity contribution in [2.24, 2.45) is 0 Å². The van der Waals surface area contributed by atoms with Gasteiger partial charge in [-0.15, -0.1) is 0 Å². The maximum atomic E-state index is 12.7. The Morgan fingerprint density at radius 3 is 2.38 bits per heavy atom. The minimum absolute atomic E-state index is 0.175. The Balaban J connectivity index is 2.14. The van der Waals surface area contributed by atoms with E-state index in [-0.39, 0.29) is 5.91 Å². The molecule has 0 bridgehead atoms. The first kappa shape index (κ1) is 17.8. The van der Waals surface area contributed by atoms with Crippen LogP contribution in [0.2, 0.25) is 0 Å². The zero-order valence-electron chi connectivity index (χ0n) is 13.4. The van der Waals surface area contributed by atoms with Gasteiger partial charge in [0.2, 0.25) is 0 Å². The molecule has 0 fully saturated rings. The zero-order chi connectivity index (χ0) is 17.7. The summed E-state index contributed by atoms with van der Waals surface area (Å²) >= 11 is 0. The zero-order valence-corrected chi connectivity index (χ0v) is 13.4. The van der Waals surface area contributed by atoms with E-state index in [0.29, 0.717) is 30.2 Å². The van der Waals surface area contributed by atoms with E-state index in [1.165, 1.54) is 18.3 Å². The third-order valence-electron chi connectivity index (χ3n) is 3.51. The second-order valence-electron chi connectivity index (χ2n) is 5.11. The number of hydrogen-bond acceptors (Lipinski definition) is 3. The minimum Gasteiger partial charge on any atom is -0.354 e. The number of anilines is 2. The van der Waals surface area contributed by atoms with Crippen LogP contribution in [0.4, 0.5) is 24.5 Å². The Bertz CT molecular complexity index is 695. The normalized spacial score (nSPS) is 11.2. The number of alkyl halides is 3. The van der Waals surface area contributed by atoms with Crippen molar-refractivity contribution < 1.29 is 18.0 Å². The number of nitrogens with zero attached hydrogens (tertiary/aromatic N) is 2. The summed E-state index contributed by atoms with van der Waals surface area (Å²) in [4.78, 5) is 17.9. The first-order chi connectivity index (χ1) is 11.3. The molecule has 1 amide bonds. The fraction of sp³-hybridized carbons (Fsp3) is 0.294. The van der Waals surface area contributed by atoms with Crippen LogP contribution in [0.25, 0.3) is 0 Å². The lowest BCUT2D eigenvalue weighted by molar-refractivity contribution is -0.137. The number of hydrogen-bond donors (Lipinski definition) is 1. The van der Waals surface area contributed by atoms with Crippen LogP contribution in [0.15, 0.2) is 42.6 Å². The van der Waals surface area contributed by atoms with Gasteiger partial charge in [0.05, 0.1) is 17.4 Å². The number of benzene rings is 1. The minimum atomic E-state index is -4.39. The van der Waals surface area contributed by atoms with Gasteiger partial charge in [0, 0.05) is 18.8 Å². The molecule has 128 valence electrons. The lowest BCUT2D eigenvalue weighted by Gasteiger charge is -2.18. The van der Waals surface area contributed by atoms with Crippen LogP contribution in [0.5, 0.6) is 0 Å². The Labute approximate surface area is 138 Å². The first-order valence-electron chi connectivity index (χ1n) is 7.54. The average molecular weight is 337 g/mol. The van der Waals surface area contributed by atoms with Crippen molar-refractivity contribution >= 4 is 17.3 Å². The van der Waals surface area contributed by atoms with Gasteiger partial charge in [0.25, 0.3) is 5.91 Å². The molecule has 0 atom stereocenters. The van der Waals surface area contributed by atoms with E-state index in [2.05, 4.69) is 10.3 Å². The topological polar surface area (TPSA) is 45.2 Å². The van der Waals surface area contributed by atoms with Crippen molar-refractivity contribution in [1.29, 1.82) is 0 Å². The summed E-state index contributed by atoms with van der Waals surface area (Å²) in [5.74, 6) is -0.175. The predicted molar refractivity (Wildman–Crippen MR) is 86.2 cm³/mol. The van der Waals surface area contributed by atoms with E-state index in [1.807, 2.05) is 13.8 Å². The highest BCUT2D eigenvalue weighted by Gasteiger charge is 2.30. The molecule has 0 aliphatic heterocycles. The van der Waals surface area contributed by atoms with Crippen molar-refractivity contribution in [3.05, 3.63) is 53.9 Å². The van der Waals surface area contributed by atoms with Crippen LogP contribution in [0, 0.1) is 0 Å². The summed E-state index contributed by atoms with van der Waals surface area (Å²) in [6.45, 7) is 4.93. The summed E-state index contributed by atoms with van der Waals surface area (Å²) in [6.07, 6.45) is -2.97. The van der Waals surface area contributed by atoms with E-state index < -0.39 is 11.7 Å². The molecule has 0 aliphatic carbocycles. The number of nitrogens with one attached hydrogen (secondary N) is 1. The van der Waals surface area contributed by atoms with Crippen LogP contribution in [-0.4, -0.2) is 28.9 Å². The van der Waals surface area contributed by atoms with E-state index >= 15 is 0 Å². The Morgan fingerprint density at radius 1 is 1.12 bits per heavy atom. The van der Waals surface area contributed by atoms with Gasteiger partial charge in [-0.1, -0.05) is 6.07 Å². The van der Waals surface area contributed by atoms with Crippen molar-refractivity contribution in [3.63, 3.8) is 0 Å². The highest BCUT2D eigenvalue weighted by molar-refractivity contribution is 5.92. The lowest BCUT2D eigenvalue weighted by atomic mass is 10.2. The number of pyridine rings is 1. The Kier molecular flexibility index (Phi) is 5.43. The fourth-order valence-electron chi connectivity index (χ4n) is 2.21. The van der Waals surface area contributed by atoms with Gasteiger partial charge < -0.3 is 10.2 Å². The van der Waals surface area contributed by atoms with E-state index in [1.54, 1.807) is 17.0 Å². The second kappa shape index (κ2) is 7.33. The number of halogens is 3. The van der Waals surface area contributed by atoms with Crippen LogP contribution in [-0.2, 0) is 6.18 Å². The quantitative estimate of drug-likeness (QED) is 0.883. The predicted octanol–water partition coefficient (Wildman–Crippen LogP) is 4.33. The van der Waals surface area contributed by atoms with Gasteiger partial charge >= 0.3 is 6.18 Å². The SMILES string of the molecule is CCN(CC)C(=O)c1ccc(Nc2cccc(C(F)(F)F)c2)cn1. The van der Waals surface area contributed by atoms with Gasteiger partial charge in [0.1, 0.15) is 5.69 Å². The summed E-state index contributed by atoms with van der Waals surface area (Å²) < 4.78 is 38.1. The maximum absolute atomic E-state index is 12.7. The lowest BCUT2D eigenvalue weighted by Crippen LogP contribution is -2.31. The van der Waals surface area contributed by atoms with Crippen molar-refractivity contribution in [1.82, 2.24) is 9.88 Å². The van der Waals surface area contributed by atoms with Crippen LogP contribution in [0.3, 0.4) is 0 Å². The second-order valence-corrected chi connectivity index (χ2v) is 5.11.